The Labute approximate surface area is 86.3 Å². The summed E-state index contributed by atoms with van der Waals surface area (Å²) in [6.07, 6.45) is 1.83. The van der Waals surface area contributed by atoms with E-state index in [1.54, 1.807) is 0 Å². The molecule has 0 aromatic carbocycles. The summed E-state index contributed by atoms with van der Waals surface area (Å²) in [6, 6.07) is 2.08. The lowest BCUT2D eigenvalue weighted by atomic mass is 10.0. The highest BCUT2D eigenvalue weighted by Gasteiger charge is 2.05. The van der Waals surface area contributed by atoms with Gasteiger partial charge in [-0.15, -0.1) is 0 Å². The molecular formula is C9H11BrClN. The molecule has 0 aliphatic rings. The third-order valence-electron chi connectivity index (χ3n) is 1.84. The van der Waals surface area contributed by atoms with Crippen LogP contribution >= 0.6 is 27.5 Å². The average Bonchev–Trinajstić information content (AvgIpc) is 2.08. The minimum Gasteiger partial charge on any atom is -0.244 e. The van der Waals surface area contributed by atoms with Gasteiger partial charge in [-0.3, -0.25) is 0 Å². The fourth-order valence-corrected chi connectivity index (χ4v) is 1.42. The molecule has 1 nitrogen and oxygen atoms in total. The maximum atomic E-state index is 5.81. The van der Waals surface area contributed by atoms with Crippen LogP contribution in [0.1, 0.15) is 24.0 Å². The molecule has 1 heterocycles. The molecule has 0 N–H and O–H groups in total. The van der Waals surface area contributed by atoms with Crippen molar-refractivity contribution in [2.24, 2.45) is 0 Å². The van der Waals surface area contributed by atoms with Gasteiger partial charge in [-0.05, 0) is 24.0 Å². The Morgan fingerprint density at radius 3 is 2.83 bits per heavy atom. The van der Waals surface area contributed by atoms with E-state index in [0.717, 1.165) is 10.9 Å². The van der Waals surface area contributed by atoms with E-state index in [0.29, 0.717) is 11.1 Å². The summed E-state index contributed by atoms with van der Waals surface area (Å²) in [5.74, 6) is 0.494. The average molecular weight is 249 g/mol. The second-order valence-electron chi connectivity index (χ2n) is 2.93. The second-order valence-corrected chi connectivity index (χ2v) is 3.94. The fourth-order valence-electron chi connectivity index (χ4n) is 0.938. The molecule has 1 rings (SSSR count). The molecule has 1 unspecified atom stereocenters. The van der Waals surface area contributed by atoms with E-state index in [9.17, 15) is 0 Å². The van der Waals surface area contributed by atoms with Gasteiger partial charge in [-0.1, -0.05) is 40.5 Å². The van der Waals surface area contributed by atoms with Crippen molar-refractivity contribution in [3.05, 3.63) is 28.5 Å². The standard InChI is InChI=1S/C9H11BrClN/c1-6-3-8(7(2)4-10)5-12-9(6)11/h3,5,7H,4H2,1-2H3. The van der Waals surface area contributed by atoms with Gasteiger partial charge in [-0.2, -0.15) is 0 Å². The van der Waals surface area contributed by atoms with Crippen molar-refractivity contribution >= 4 is 27.5 Å². The summed E-state index contributed by atoms with van der Waals surface area (Å²) < 4.78 is 0. The van der Waals surface area contributed by atoms with Crippen LogP contribution < -0.4 is 0 Å². The van der Waals surface area contributed by atoms with Gasteiger partial charge in [0.05, 0.1) is 0 Å². The van der Waals surface area contributed by atoms with Gasteiger partial charge in [0.15, 0.2) is 0 Å². The van der Waals surface area contributed by atoms with Crippen LogP contribution in [0.4, 0.5) is 0 Å². The van der Waals surface area contributed by atoms with Crippen LogP contribution in [-0.4, -0.2) is 10.3 Å². The molecule has 0 fully saturated rings. The van der Waals surface area contributed by atoms with Crippen molar-refractivity contribution in [3.8, 4) is 0 Å². The molecule has 66 valence electrons. The first-order chi connectivity index (χ1) is 5.65. The summed E-state index contributed by atoms with van der Waals surface area (Å²) in [4.78, 5) is 4.09. The first kappa shape index (κ1) is 10.0. The third kappa shape index (κ3) is 2.20. The number of hydrogen-bond acceptors (Lipinski definition) is 1. The monoisotopic (exact) mass is 247 g/mol. The third-order valence-corrected chi connectivity index (χ3v) is 3.20. The Balaban J connectivity index is 2.96. The summed E-state index contributed by atoms with van der Waals surface area (Å²) in [7, 11) is 0. The van der Waals surface area contributed by atoms with Crippen LogP contribution in [0.25, 0.3) is 0 Å². The van der Waals surface area contributed by atoms with Crippen molar-refractivity contribution in [3.63, 3.8) is 0 Å². The van der Waals surface area contributed by atoms with Crippen molar-refractivity contribution in [2.75, 3.05) is 5.33 Å². The van der Waals surface area contributed by atoms with Crippen LogP contribution in [0, 0.1) is 6.92 Å². The number of rotatable bonds is 2. The summed E-state index contributed by atoms with van der Waals surface area (Å²) in [5.41, 5.74) is 2.27. The van der Waals surface area contributed by atoms with Gasteiger partial charge < -0.3 is 0 Å². The van der Waals surface area contributed by atoms with Crippen LogP contribution in [-0.2, 0) is 0 Å². The summed E-state index contributed by atoms with van der Waals surface area (Å²) in [6.45, 7) is 4.12. The Bertz CT molecular complexity index is 275. The van der Waals surface area contributed by atoms with Crippen molar-refractivity contribution in [1.29, 1.82) is 0 Å². The van der Waals surface area contributed by atoms with Gasteiger partial charge in [-0.25, -0.2) is 4.98 Å². The molecule has 0 aliphatic carbocycles. The lowest BCUT2D eigenvalue weighted by Gasteiger charge is -2.08. The predicted octanol–water partition coefficient (Wildman–Crippen LogP) is 3.54. The zero-order chi connectivity index (χ0) is 9.14. The van der Waals surface area contributed by atoms with E-state index in [1.807, 2.05) is 13.1 Å². The van der Waals surface area contributed by atoms with E-state index in [4.69, 9.17) is 11.6 Å². The topological polar surface area (TPSA) is 12.9 Å². The summed E-state index contributed by atoms with van der Waals surface area (Å²) >= 11 is 9.24. The Morgan fingerprint density at radius 1 is 1.67 bits per heavy atom. The number of nitrogens with zero attached hydrogens (tertiary/aromatic N) is 1. The van der Waals surface area contributed by atoms with Gasteiger partial charge in [0.1, 0.15) is 5.15 Å². The van der Waals surface area contributed by atoms with Gasteiger partial charge in [0.25, 0.3) is 0 Å². The van der Waals surface area contributed by atoms with E-state index in [-0.39, 0.29) is 0 Å². The minimum atomic E-state index is 0.494. The first-order valence-corrected chi connectivity index (χ1v) is 5.33. The van der Waals surface area contributed by atoms with Gasteiger partial charge in [0, 0.05) is 11.5 Å². The smallest absolute Gasteiger partial charge is 0.131 e. The molecule has 1 aromatic heterocycles. The maximum Gasteiger partial charge on any atom is 0.131 e. The lowest BCUT2D eigenvalue weighted by molar-refractivity contribution is 0.875. The van der Waals surface area contributed by atoms with E-state index >= 15 is 0 Å². The molecule has 0 amide bonds. The van der Waals surface area contributed by atoms with Crippen LogP contribution in [0.15, 0.2) is 12.3 Å². The van der Waals surface area contributed by atoms with Crippen molar-refractivity contribution in [2.45, 2.75) is 19.8 Å². The molecule has 0 aliphatic heterocycles. The quantitative estimate of drug-likeness (QED) is 0.576. The zero-order valence-electron chi connectivity index (χ0n) is 7.14. The van der Waals surface area contributed by atoms with Crippen LogP contribution in [0.2, 0.25) is 5.15 Å². The Hall–Kier alpha value is -0.0800. The van der Waals surface area contributed by atoms with E-state index in [1.165, 1.54) is 5.56 Å². The fraction of sp³-hybridized carbons (Fsp3) is 0.444. The predicted molar refractivity (Wildman–Crippen MR) is 56.2 cm³/mol. The highest BCUT2D eigenvalue weighted by molar-refractivity contribution is 9.09. The van der Waals surface area contributed by atoms with Crippen molar-refractivity contribution in [1.82, 2.24) is 4.98 Å². The summed E-state index contributed by atoms with van der Waals surface area (Å²) in [5, 5.41) is 1.55. The van der Waals surface area contributed by atoms with E-state index in [2.05, 4.69) is 33.9 Å². The molecule has 12 heavy (non-hydrogen) atoms. The molecule has 0 radical (unpaired) electrons. The van der Waals surface area contributed by atoms with Gasteiger partial charge >= 0.3 is 0 Å². The maximum absolute atomic E-state index is 5.81. The van der Waals surface area contributed by atoms with Crippen LogP contribution in [0.3, 0.4) is 0 Å². The van der Waals surface area contributed by atoms with Gasteiger partial charge in [0.2, 0.25) is 0 Å². The molecule has 1 aromatic rings. The molecule has 0 saturated heterocycles. The second kappa shape index (κ2) is 4.24. The first-order valence-electron chi connectivity index (χ1n) is 3.83. The molecule has 0 bridgehead atoms. The molecule has 0 spiro atoms. The minimum absolute atomic E-state index is 0.494. The van der Waals surface area contributed by atoms with Crippen LogP contribution in [0.5, 0.6) is 0 Å². The number of halogens is 2. The molecule has 3 heteroatoms. The number of hydrogen-bond donors (Lipinski definition) is 0. The Kier molecular flexibility index (Phi) is 3.53. The number of aryl methyl sites for hydroxylation is 1. The lowest BCUT2D eigenvalue weighted by Crippen LogP contribution is -1.96. The molecular weight excluding hydrogens is 237 g/mol. The normalized spacial score (nSPS) is 13.0. The highest BCUT2D eigenvalue weighted by atomic mass is 79.9. The SMILES string of the molecule is Cc1cc(C(C)CBr)cnc1Cl. The molecule has 1 atom stereocenters. The van der Waals surface area contributed by atoms with E-state index < -0.39 is 0 Å². The number of alkyl halides is 1. The number of aromatic nitrogens is 1. The zero-order valence-corrected chi connectivity index (χ0v) is 9.48. The molecule has 0 saturated carbocycles. The number of pyridine rings is 1. The Morgan fingerprint density at radius 2 is 2.33 bits per heavy atom. The largest absolute Gasteiger partial charge is 0.244 e. The van der Waals surface area contributed by atoms with Crippen molar-refractivity contribution < 1.29 is 0 Å². The highest BCUT2D eigenvalue weighted by Crippen LogP contribution is 2.20.